The largest absolute Gasteiger partial charge is 0.444 e. The minimum absolute atomic E-state index is 0.193. The van der Waals surface area contributed by atoms with Crippen LogP contribution < -0.4 is 11.1 Å². The fourth-order valence-electron chi connectivity index (χ4n) is 5.90. The van der Waals surface area contributed by atoms with Gasteiger partial charge in [0.1, 0.15) is 17.0 Å². The molecule has 2 amide bonds. The fourth-order valence-corrected chi connectivity index (χ4v) is 5.90. The first-order valence-electron chi connectivity index (χ1n) is 14.3. The number of rotatable bonds is 5. The molecular weight excluding hydrogens is 516 g/mol. The van der Waals surface area contributed by atoms with Crippen molar-refractivity contribution in [1.82, 2.24) is 24.8 Å². The van der Waals surface area contributed by atoms with Gasteiger partial charge in [-0.3, -0.25) is 4.79 Å². The number of ether oxygens (including phenoxy) is 1. The van der Waals surface area contributed by atoms with Crippen LogP contribution in [-0.2, 0) is 11.2 Å². The highest BCUT2D eigenvalue weighted by Crippen LogP contribution is 2.38. The quantitative estimate of drug-likeness (QED) is 0.354. The molecule has 41 heavy (non-hydrogen) atoms. The first-order valence-corrected chi connectivity index (χ1v) is 14.3. The first-order chi connectivity index (χ1) is 19.7. The van der Waals surface area contributed by atoms with Crippen molar-refractivity contribution in [2.45, 2.75) is 64.1 Å². The highest BCUT2D eigenvalue weighted by atomic mass is 16.6. The third-order valence-electron chi connectivity index (χ3n) is 7.85. The number of likely N-dealkylation sites (tertiary alicyclic amines) is 1. The van der Waals surface area contributed by atoms with Crippen LogP contribution in [0.3, 0.4) is 0 Å². The molecule has 1 atom stereocenters. The number of fused-ring (bicyclic) bond motifs is 2. The summed E-state index contributed by atoms with van der Waals surface area (Å²) >= 11 is 0. The average Bonchev–Trinajstić information content (AvgIpc) is 3.53. The highest BCUT2D eigenvalue weighted by Gasteiger charge is 2.30. The molecule has 1 fully saturated rings. The van der Waals surface area contributed by atoms with E-state index in [1.54, 1.807) is 16.6 Å². The van der Waals surface area contributed by atoms with E-state index in [2.05, 4.69) is 28.6 Å². The molecule has 3 heterocycles. The number of amides is 2. The van der Waals surface area contributed by atoms with E-state index in [9.17, 15) is 9.59 Å². The zero-order chi connectivity index (χ0) is 28.7. The number of nitrogens with zero attached hydrogens (tertiary/aromatic N) is 4. The Morgan fingerprint density at radius 2 is 1.73 bits per heavy atom. The SMILES string of the molecule is CC(C)(C)OC(=O)N1CCC(N[C@H]2CCc3cc(-c4nc5ccc(C(N)=O)nn5c4-c4ccccc4)ccc32)CC1. The van der Waals surface area contributed by atoms with Crippen molar-refractivity contribution < 1.29 is 14.3 Å². The van der Waals surface area contributed by atoms with Crippen LogP contribution in [0.5, 0.6) is 0 Å². The summed E-state index contributed by atoms with van der Waals surface area (Å²) in [5.41, 5.74) is 12.2. The van der Waals surface area contributed by atoms with Crippen LogP contribution in [0.1, 0.15) is 67.7 Å². The number of hydrogen-bond donors (Lipinski definition) is 2. The van der Waals surface area contributed by atoms with E-state index in [1.165, 1.54) is 11.1 Å². The molecule has 0 bridgehead atoms. The van der Waals surface area contributed by atoms with Crippen molar-refractivity contribution in [3.63, 3.8) is 0 Å². The standard InChI is InChI=1S/C32H36N6O3/c1-32(2,3)41-31(40)37-17-15-23(16-18-37)34-25-12-10-21-19-22(9-11-24(21)25)28-29(20-7-5-4-6-8-20)38-27(35-28)14-13-26(36-38)30(33)39/h4-9,11,13-14,19,23,25,34H,10,12,15-18H2,1-3H3,(H2,33,39)/t25-/m0/s1. The van der Waals surface area contributed by atoms with Gasteiger partial charge < -0.3 is 20.7 Å². The van der Waals surface area contributed by atoms with Gasteiger partial charge in [0, 0.05) is 36.3 Å². The lowest BCUT2D eigenvalue weighted by atomic mass is 9.99. The molecule has 1 aliphatic carbocycles. The molecule has 2 aromatic carbocycles. The number of primary amides is 1. The molecule has 2 aromatic heterocycles. The molecule has 6 rings (SSSR count). The van der Waals surface area contributed by atoms with E-state index in [0.717, 1.165) is 48.2 Å². The second kappa shape index (κ2) is 10.6. The van der Waals surface area contributed by atoms with E-state index in [-0.39, 0.29) is 17.8 Å². The van der Waals surface area contributed by atoms with Gasteiger partial charge in [0.25, 0.3) is 5.91 Å². The Bertz CT molecular complexity index is 1600. The van der Waals surface area contributed by atoms with Gasteiger partial charge in [0.2, 0.25) is 0 Å². The highest BCUT2D eigenvalue weighted by molar-refractivity contribution is 5.91. The minimum atomic E-state index is -0.576. The van der Waals surface area contributed by atoms with Crippen LogP contribution >= 0.6 is 0 Å². The fraction of sp³-hybridized carbons (Fsp3) is 0.375. The summed E-state index contributed by atoms with van der Waals surface area (Å²) in [5, 5.41) is 8.38. The predicted octanol–water partition coefficient (Wildman–Crippen LogP) is 5.14. The number of hydrogen-bond acceptors (Lipinski definition) is 6. The summed E-state index contributed by atoms with van der Waals surface area (Å²) in [6, 6.07) is 20.6. The van der Waals surface area contributed by atoms with Crippen molar-refractivity contribution >= 4 is 17.6 Å². The Hall–Kier alpha value is -4.24. The molecular formula is C32H36N6O3. The zero-order valence-electron chi connectivity index (χ0n) is 23.8. The smallest absolute Gasteiger partial charge is 0.410 e. The Labute approximate surface area is 239 Å². The zero-order valence-corrected chi connectivity index (χ0v) is 23.8. The van der Waals surface area contributed by atoms with Crippen molar-refractivity contribution in [2.24, 2.45) is 5.73 Å². The Morgan fingerprint density at radius 3 is 2.44 bits per heavy atom. The van der Waals surface area contributed by atoms with E-state index >= 15 is 0 Å². The molecule has 0 unspecified atom stereocenters. The van der Waals surface area contributed by atoms with E-state index in [0.29, 0.717) is 24.8 Å². The summed E-state index contributed by atoms with van der Waals surface area (Å²) < 4.78 is 7.26. The molecule has 0 saturated carbocycles. The number of benzene rings is 2. The van der Waals surface area contributed by atoms with Crippen LogP contribution in [0, 0.1) is 0 Å². The van der Waals surface area contributed by atoms with Gasteiger partial charge in [-0.05, 0) is 75.8 Å². The van der Waals surface area contributed by atoms with Crippen molar-refractivity contribution in [3.8, 4) is 22.5 Å². The molecule has 3 N–H and O–H groups in total. The number of aromatic nitrogens is 3. The second-order valence-corrected chi connectivity index (χ2v) is 11.9. The topological polar surface area (TPSA) is 115 Å². The van der Waals surface area contributed by atoms with Crippen molar-refractivity contribution in [2.75, 3.05) is 13.1 Å². The van der Waals surface area contributed by atoms with Crippen LogP contribution in [0.15, 0.2) is 60.7 Å². The maximum atomic E-state index is 12.4. The lowest BCUT2D eigenvalue weighted by Crippen LogP contribution is -2.47. The molecule has 2 aliphatic rings. The van der Waals surface area contributed by atoms with Gasteiger partial charge in [0.15, 0.2) is 5.65 Å². The first kappa shape index (κ1) is 27.0. The Kier molecular flexibility index (Phi) is 6.99. The monoisotopic (exact) mass is 552 g/mol. The minimum Gasteiger partial charge on any atom is -0.444 e. The molecule has 9 heteroatoms. The summed E-state index contributed by atoms with van der Waals surface area (Å²) in [4.78, 5) is 31.1. The Morgan fingerprint density at radius 1 is 0.976 bits per heavy atom. The number of carbonyl (C=O) groups is 2. The Balaban J connectivity index is 1.23. The summed E-state index contributed by atoms with van der Waals surface area (Å²) in [6.45, 7) is 7.10. The second-order valence-electron chi connectivity index (χ2n) is 11.9. The number of nitrogens with two attached hydrogens (primary N) is 1. The van der Waals surface area contributed by atoms with Crippen LogP contribution in [-0.4, -0.2) is 56.2 Å². The van der Waals surface area contributed by atoms with Gasteiger partial charge in [-0.2, -0.15) is 5.10 Å². The van der Waals surface area contributed by atoms with Crippen LogP contribution in [0.4, 0.5) is 4.79 Å². The third kappa shape index (κ3) is 5.54. The molecule has 0 spiro atoms. The number of carbonyl (C=O) groups excluding carboxylic acids is 2. The molecule has 4 aromatic rings. The number of imidazole rings is 1. The molecule has 1 aliphatic heterocycles. The van der Waals surface area contributed by atoms with E-state index in [4.69, 9.17) is 15.5 Å². The van der Waals surface area contributed by atoms with Crippen molar-refractivity contribution in [3.05, 3.63) is 77.5 Å². The normalized spacial score (nSPS) is 17.5. The van der Waals surface area contributed by atoms with E-state index in [1.807, 2.05) is 56.0 Å². The summed E-state index contributed by atoms with van der Waals surface area (Å²) in [5.74, 6) is -0.576. The number of piperidine rings is 1. The maximum absolute atomic E-state index is 12.4. The predicted molar refractivity (Wildman–Crippen MR) is 157 cm³/mol. The maximum Gasteiger partial charge on any atom is 0.410 e. The van der Waals surface area contributed by atoms with Crippen molar-refractivity contribution in [1.29, 1.82) is 0 Å². The van der Waals surface area contributed by atoms with Crippen LogP contribution in [0.25, 0.3) is 28.2 Å². The van der Waals surface area contributed by atoms with Gasteiger partial charge in [-0.25, -0.2) is 14.3 Å². The lowest BCUT2D eigenvalue weighted by Gasteiger charge is -2.35. The summed E-state index contributed by atoms with van der Waals surface area (Å²) in [6.07, 6.45) is 3.61. The molecule has 9 nitrogen and oxygen atoms in total. The van der Waals surface area contributed by atoms with Gasteiger partial charge >= 0.3 is 6.09 Å². The van der Waals surface area contributed by atoms with Crippen LogP contribution in [0.2, 0.25) is 0 Å². The molecule has 1 saturated heterocycles. The van der Waals surface area contributed by atoms with Gasteiger partial charge in [0.05, 0.1) is 5.69 Å². The van der Waals surface area contributed by atoms with Gasteiger partial charge in [-0.15, -0.1) is 0 Å². The lowest BCUT2D eigenvalue weighted by molar-refractivity contribution is 0.0195. The number of aryl methyl sites for hydroxylation is 1. The molecule has 212 valence electrons. The van der Waals surface area contributed by atoms with E-state index < -0.39 is 11.5 Å². The average molecular weight is 553 g/mol. The molecule has 0 radical (unpaired) electrons. The van der Waals surface area contributed by atoms with Gasteiger partial charge in [-0.1, -0.05) is 42.5 Å². The number of nitrogens with one attached hydrogen (secondary N) is 1. The summed E-state index contributed by atoms with van der Waals surface area (Å²) in [7, 11) is 0. The third-order valence-corrected chi connectivity index (χ3v) is 7.85.